The monoisotopic (exact) mass is 414 g/mol. The van der Waals surface area contributed by atoms with E-state index in [-0.39, 0.29) is 0 Å². The van der Waals surface area contributed by atoms with Crippen LogP contribution >= 0.6 is 22.6 Å². The highest BCUT2D eigenvalue weighted by atomic mass is 127. The van der Waals surface area contributed by atoms with E-state index in [9.17, 15) is 5.21 Å². The quantitative estimate of drug-likeness (QED) is 0.219. The Morgan fingerprint density at radius 3 is 2.65 bits per heavy atom. The minimum Gasteiger partial charge on any atom is -0.594 e. The lowest BCUT2D eigenvalue weighted by Gasteiger charge is -2.03. The molecular weight excluding hydrogens is 403 g/mol. The number of fused-ring (bicyclic) bond motifs is 3. The maximum atomic E-state index is 12.1. The van der Waals surface area contributed by atoms with Crippen molar-refractivity contribution >= 4 is 51.4 Å². The maximum absolute atomic E-state index is 12.1. The van der Waals surface area contributed by atoms with E-state index >= 15 is 0 Å². The standard InChI is InChI=1S/C17H11IN4O/c18-14-11-19-21-16-10-13(7-6-12-4-2-1-3-5-12)8-9-15(16)22(23)20-17(14)21/h1-11H/b7-6+. The third-order valence-corrected chi connectivity index (χ3v) is 4.35. The van der Waals surface area contributed by atoms with Crippen LogP contribution in [0.1, 0.15) is 11.1 Å². The molecule has 0 atom stereocenters. The zero-order valence-corrected chi connectivity index (χ0v) is 14.1. The van der Waals surface area contributed by atoms with Crippen LogP contribution in [0.15, 0.2) is 54.7 Å². The number of rotatable bonds is 2. The second-order valence-electron chi connectivity index (χ2n) is 5.09. The van der Waals surface area contributed by atoms with Gasteiger partial charge in [0.25, 0.3) is 5.52 Å². The van der Waals surface area contributed by atoms with Gasteiger partial charge in [-0.25, -0.2) is 4.52 Å². The fourth-order valence-electron chi connectivity index (χ4n) is 2.46. The molecule has 4 aromatic rings. The van der Waals surface area contributed by atoms with Crippen LogP contribution in [0, 0.1) is 8.78 Å². The van der Waals surface area contributed by atoms with Crippen LogP contribution in [-0.2, 0) is 0 Å². The summed E-state index contributed by atoms with van der Waals surface area (Å²) in [5.41, 5.74) is 3.92. The van der Waals surface area contributed by atoms with Gasteiger partial charge in [-0.15, -0.1) is 0 Å². The van der Waals surface area contributed by atoms with Crippen molar-refractivity contribution in [3.63, 3.8) is 0 Å². The second kappa shape index (κ2) is 5.62. The Morgan fingerprint density at radius 2 is 1.83 bits per heavy atom. The molecule has 0 radical (unpaired) electrons. The first-order chi connectivity index (χ1) is 11.2. The van der Waals surface area contributed by atoms with E-state index in [0.717, 1.165) is 20.2 Å². The van der Waals surface area contributed by atoms with Crippen LogP contribution in [0.2, 0.25) is 0 Å². The van der Waals surface area contributed by atoms with Crippen molar-refractivity contribution in [3.8, 4) is 0 Å². The Morgan fingerprint density at radius 1 is 1.04 bits per heavy atom. The van der Waals surface area contributed by atoms with Crippen molar-refractivity contribution in [3.05, 3.63) is 74.6 Å². The predicted molar refractivity (Wildman–Crippen MR) is 97.5 cm³/mol. The van der Waals surface area contributed by atoms with Gasteiger partial charge in [-0.1, -0.05) is 42.5 Å². The number of hydrogen-bond donors (Lipinski definition) is 0. The van der Waals surface area contributed by atoms with Crippen LogP contribution in [0.25, 0.3) is 28.8 Å². The summed E-state index contributed by atoms with van der Waals surface area (Å²) in [6.45, 7) is 0. The summed E-state index contributed by atoms with van der Waals surface area (Å²) >= 11 is 2.12. The number of halogens is 1. The normalized spacial score (nSPS) is 11.7. The Hall–Kier alpha value is -2.48. The first kappa shape index (κ1) is 14.1. The van der Waals surface area contributed by atoms with Gasteiger partial charge in [0.05, 0.1) is 9.77 Å². The van der Waals surface area contributed by atoms with Crippen LogP contribution in [0.3, 0.4) is 0 Å². The number of aromatic nitrogens is 4. The molecule has 2 heterocycles. The third-order valence-electron chi connectivity index (χ3n) is 3.59. The Kier molecular flexibility index (Phi) is 3.45. The van der Waals surface area contributed by atoms with E-state index in [1.807, 2.05) is 54.6 Å². The van der Waals surface area contributed by atoms with Crippen molar-refractivity contribution in [2.45, 2.75) is 0 Å². The first-order valence-electron chi connectivity index (χ1n) is 7.02. The molecule has 0 spiro atoms. The summed E-state index contributed by atoms with van der Waals surface area (Å²) in [6, 6.07) is 15.7. The van der Waals surface area contributed by atoms with Gasteiger partial charge in [0.15, 0.2) is 0 Å². The number of nitrogens with zero attached hydrogens (tertiary/aromatic N) is 4. The molecule has 0 unspecified atom stereocenters. The summed E-state index contributed by atoms with van der Waals surface area (Å²) in [7, 11) is 0. The maximum Gasteiger partial charge on any atom is 0.270 e. The van der Waals surface area contributed by atoms with Gasteiger partial charge in [-0.2, -0.15) is 5.10 Å². The number of hydrogen-bond acceptors (Lipinski definition) is 3. The molecule has 2 aromatic heterocycles. The zero-order chi connectivity index (χ0) is 15.8. The van der Waals surface area contributed by atoms with Crippen LogP contribution in [0.5, 0.6) is 0 Å². The highest BCUT2D eigenvalue weighted by Crippen LogP contribution is 2.18. The second-order valence-corrected chi connectivity index (χ2v) is 6.26. The minimum atomic E-state index is 0.494. The lowest BCUT2D eigenvalue weighted by atomic mass is 10.1. The smallest absolute Gasteiger partial charge is 0.270 e. The van der Waals surface area contributed by atoms with Crippen molar-refractivity contribution < 1.29 is 4.85 Å². The van der Waals surface area contributed by atoms with Gasteiger partial charge in [0, 0.05) is 11.2 Å². The van der Waals surface area contributed by atoms with Gasteiger partial charge < -0.3 is 5.21 Å². The summed E-state index contributed by atoms with van der Waals surface area (Å²) < 4.78 is 2.55. The first-order valence-corrected chi connectivity index (χ1v) is 8.10. The molecule has 4 rings (SSSR count). The summed E-state index contributed by atoms with van der Waals surface area (Å²) in [5, 5.41) is 20.4. The Labute approximate surface area is 145 Å². The van der Waals surface area contributed by atoms with E-state index in [1.165, 1.54) is 0 Å². The summed E-state index contributed by atoms with van der Waals surface area (Å²) in [6.07, 6.45) is 5.76. The van der Waals surface area contributed by atoms with Crippen molar-refractivity contribution in [2.75, 3.05) is 0 Å². The number of benzene rings is 2. The molecule has 0 saturated carbocycles. The van der Waals surface area contributed by atoms with Gasteiger partial charge in [-0.05, 0) is 50.7 Å². The lowest BCUT2D eigenvalue weighted by molar-refractivity contribution is -0.640. The molecule has 5 nitrogen and oxygen atoms in total. The van der Waals surface area contributed by atoms with E-state index < -0.39 is 0 Å². The molecule has 0 aliphatic rings. The molecule has 112 valence electrons. The topological polar surface area (TPSA) is 57.1 Å². The Bertz CT molecular complexity index is 1040. The molecule has 6 heteroatoms. The van der Waals surface area contributed by atoms with E-state index in [2.05, 4.69) is 32.8 Å². The molecule has 0 saturated heterocycles. The van der Waals surface area contributed by atoms with E-state index in [0.29, 0.717) is 16.0 Å². The molecule has 2 aromatic carbocycles. The van der Waals surface area contributed by atoms with E-state index in [1.54, 1.807) is 16.8 Å². The van der Waals surface area contributed by atoms with Gasteiger partial charge in [0.1, 0.15) is 5.52 Å². The molecule has 0 aliphatic heterocycles. The fourth-order valence-corrected chi connectivity index (χ4v) is 2.92. The van der Waals surface area contributed by atoms with E-state index in [4.69, 9.17) is 0 Å². The predicted octanol–water partition coefficient (Wildman–Crippen LogP) is 3.29. The molecular formula is C17H11IN4O. The summed E-state index contributed by atoms with van der Waals surface area (Å²) in [5.74, 6) is 0. The molecule has 0 N–H and O–H groups in total. The Balaban J connectivity index is 1.87. The molecule has 0 fully saturated rings. The van der Waals surface area contributed by atoms with Gasteiger partial charge in [-0.3, -0.25) is 0 Å². The summed E-state index contributed by atoms with van der Waals surface area (Å²) in [4.78, 5) is 0.652. The molecule has 0 aliphatic carbocycles. The zero-order valence-electron chi connectivity index (χ0n) is 11.9. The van der Waals surface area contributed by atoms with Crippen LogP contribution in [-0.4, -0.2) is 14.7 Å². The lowest BCUT2D eigenvalue weighted by Crippen LogP contribution is -2.33. The SMILES string of the molecule is [O-][n+]1nc2c(I)cnn2c2cc(/C=C/c3ccccc3)ccc21. The largest absolute Gasteiger partial charge is 0.594 e. The average molecular weight is 414 g/mol. The van der Waals surface area contributed by atoms with Crippen LogP contribution < -0.4 is 4.85 Å². The highest BCUT2D eigenvalue weighted by Gasteiger charge is 2.14. The van der Waals surface area contributed by atoms with Gasteiger partial charge in [0.2, 0.25) is 5.65 Å². The van der Waals surface area contributed by atoms with Crippen molar-refractivity contribution in [2.24, 2.45) is 0 Å². The van der Waals surface area contributed by atoms with Crippen molar-refractivity contribution in [1.29, 1.82) is 0 Å². The molecule has 23 heavy (non-hydrogen) atoms. The highest BCUT2D eigenvalue weighted by molar-refractivity contribution is 14.1. The molecule has 0 amide bonds. The molecule has 0 bridgehead atoms. The fraction of sp³-hybridized carbons (Fsp3) is 0. The minimum absolute atomic E-state index is 0.494. The van der Waals surface area contributed by atoms with Crippen molar-refractivity contribution in [1.82, 2.24) is 14.7 Å². The average Bonchev–Trinajstić information content (AvgIpc) is 2.95. The third kappa shape index (κ3) is 2.55. The van der Waals surface area contributed by atoms with Gasteiger partial charge >= 0.3 is 0 Å². The van der Waals surface area contributed by atoms with Crippen LogP contribution in [0.4, 0.5) is 0 Å².